The predicted molar refractivity (Wildman–Crippen MR) is 130 cm³/mol. The standard InChI is InChI=1S/C26H22N4O2S/c31-22-18-27-25(32)29(22)16-17-33-26-28-23(19-10-4-1-5-11-19)24(20-12-6-2-7-13-20)30(26)21-14-8-3-9-15-21/h1-15H,16-18H2,(H,27,32). The van der Waals surface area contributed by atoms with Crippen molar-refractivity contribution in [3.63, 3.8) is 0 Å². The first kappa shape index (κ1) is 21.0. The van der Waals surface area contributed by atoms with E-state index in [0.29, 0.717) is 12.3 Å². The summed E-state index contributed by atoms with van der Waals surface area (Å²) in [5, 5.41) is 3.38. The van der Waals surface area contributed by atoms with Crippen molar-refractivity contribution < 1.29 is 9.59 Å². The van der Waals surface area contributed by atoms with Crippen molar-refractivity contribution in [1.82, 2.24) is 19.8 Å². The van der Waals surface area contributed by atoms with E-state index in [9.17, 15) is 9.59 Å². The van der Waals surface area contributed by atoms with Crippen LogP contribution in [0, 0.1) is 0 Å². The molecule has 6 nitrogen and oxygen atoms in total. The van der Waals surface area contributed by atoms with Gasteiger partial charge >= 0.3 is 6.03 Å². The van der Waals surface area contributed by atoms with E-state index in [1.807, 2.05) is 54.6 Å². The minimum Gasteiger partial charge on any atom is -0.329 e. The molecule has 0 atom stereocenters. The number of imide groups is 1. The number of nitrogens with zero attached hydrogens (tertiary/aromatic N) is 3. The molecule has 33 heavy (non-hydrogen) atoms. The van der Waals surface area contributed by atoms with Gasteiger partial charge in [0.25, 0.3) is 0 Å². The van der Waals surface area contributed by atoms with Crippen molar-refractivity contribution in [3.05, 3.63) is 91.0 Å². The van der Waals surface area contributed by atoms with E-state index < -0.39 is 0 Å². The highest BCUT2D eigenvalue weighted by Gasteiger charge is 2.28. The number of thioether (sulfide) groups is 1. The first-order chi connectivity index (χ1) is 16.2. The quantitative estimate of drug-likeness (QED) is 0.320. The lowest BCUT2D eigenvalue weighted by Gasteiger charge is -2.14. The van der Waals surface area contributed by atoms with Crippen molar-refractivity contribution in [3.8, 4) is 28.2 Å². The molecule has 0 bridgehead atoms. The van der Waals surface area contributed by atoms with Gasteiger partial charge in [-0.3, -0.25) is 14.3 Å². The fraction of sp³-hybridized carbons (Fsp3) is 0.115. The zero-order valence-electron chi connectivity index (χ0n) is 17.8. The summed E-state index contributed by atoms with van der Waals surface area (Å²) < 4.78 is 2.16. The molecule has 1 fully saturated rings. The lowest BCUT2D eigenvalue weighted by molar-refractivity contribution is -0.124. The maximum atomic E-state index is 12.0. The Kier molecular flexibility index (Phi) is 5.95. The Morgan fingerprint density at radius 3 is 2.03 bits per heavy atom. The molecule has 1 aliphatic rings. The first-order valence-corrected chi connectivity index (χ1v) is 11.7. The molecule has 4 aromatic rings. The molecule has 0 unspecified atom stereocenters. The third-order valence-corrected chi connectivity index (χ3v) is 6.36. The molecule has 5 rings (SSSR count). The van der Waals surface area contributed by atoms with Crippen LogP contribution < -0.4 is 5.32 Å². The minimum absolute atomic E-state index is 0.0679. The topological polar surface area (TPSA) is 67.2 Å². The van der Waals surface area contributed by atoms with Crippen LogP contribution in [-0.2, 0) is 4.79 Å². The van der Waals surface area contributed by atoms with Crippen LogP contribution in [0.2, 0.25) is 0 Å². The normalized spacial score (nSPS) is 13.4. The number of amides is 3. The number of carbonyl (C=O) groups excluding carboxylic acids is 2. The molecule has 164 valence electrons. The highest BCUT2D eigenvalue weighted by Crippen LogP contribution is 2.38. The number of hydrogen-bond acceptors (Lipinski definition) is 4. The van der Waals surface area contributed by atoms with Crippen LogP contribution in [0.4, 0.5) is 4.79 Å². The van der Waals surface area contributed by atoms with Gasteiger partial charge in [-0.15, -0.1) is 0 Å². The average molecular weight is 455 g/mol. The molecular weight excluding hydrogens is 432 g/mol. The maximum absolute atomic E-state index is 12.0. The minimum atomic E-state index is -0.332. The molecule has 0 spiro atoms. The number of carbonyl (C=O) groups is 2. The van der Waals surface area contributed by atoms with Crippen LogP contribution >= 0.6 is 11.8 Å². The zero-order chi connectivity index (χ0) is 22.6. The predicted octanol–water partition coefficient (Wildman–Crippen LogP) is 4.85. The highest BCUT2D eigenvalue weighted by molar-refractivity contribution is 7.99. The summed E-state index contributed by atoms with van der Waals surface area (Å²) >= 11 is 1.54. The third-order valence-electron chi connectivity index (χ3n) is 5.44. The SMILES string of the molecule is O=C1CNC(=O)N1CCSc1nc(-c2ccccc2)c(-c2ccccc2)n1-c1ccccc1. The summed E-state index contributed by atoms with van der Waals surface area (Å²) in [5.41, 5.74) is 4.99. The first-order valence-electron chi connectivity index (χ1n) is 10.7. The largest absolute Gasteiger partial charge is 0.329 e. The Bertz CT molecular complexity index is 1260. The number of urea groups is 1. The maximum Gasteiger partial charge on any atom is 0.324 e. The Morgan fingerprint density at radius 2 is 1.42 bits per heavy atom. The van der Waals surface area contributed by atoms with Gasteiger partial charge in [0.2, 0.25) is 5.91 Å². The van der Waals surface area contributed by atoms with E-state index in [4.69, 9.17) is 4.98 Å². The Labute approximate surface area is 196 Å². The van der Waals surface area contributed by atoms with Gasteiger partial charge in [-0.05, 0) is 12.1 Å². The van der Waals surface area contributed by atoms with Crippen molar-refractivity contribution >= 4 is 23.7 Å². The number of nitrogens with one attached hydrogen (secondary N) is 1. The molecule has 0 aliphatic carbocycles. The number of benzene rings is 3. The molecule has 7 heteroatoms. The molecule has 2 heterocycles. The molecule has 3 aromatic carbocycles. The second kappa shape index (κ2) is 9.34. The van der Waals surface area contributed by atoms with Gasteiger partial charge in [0, 0.05) is 29.1 Å². The lowest BCUT2D eigenvalue weighted by atomic mass is 10.0. The number of para-hydroxylation sites is 1. The van der Waals surface area contributed by atoms with Gasteiger partial charge in [-0.1, -0.05) is 90.6 Å². The number of imidazole rings is 1. The van der Waals surface area contributed by atoms with Gasteiger partial charge in [-0.2, -0.15) is 0 Å². The van der Waals surface area contributed by atoms with Crippen LogP contribution in [0.5, 0.6) is 0 Å². The van der Waals surface area contributed by atoms with E-state index in [2.05, 4.69) is 46.3 Å². The Balaban J connectivity index is 1.60. The fourth-order valence-electron chi connectivity index (χ4n) is 3.88. The summed E-state index contributed by atoms with van der Waals surface area (Å²) in [5.74, 6) is 0.354. The summed E-state index contributed by atoms with van der Waals surface area (Å²) in [6.07, 6.45) is 0. The molecule has 0 saturated carbocycles. The molecule has 1 aromatic heterocycles. The van der Waals surface area contributed by atoms with Gasteiger partial charge in [-0.25, -0.2) is 9.78 Å². The van der Waals surface area contributed by atoms with E-state index in [1.54, 1.807) is 0 Å². The van der Waals surface area contributed by atoms with E-state index >= 15 is 0 Å². The molecule has 1 saturated heterocycles. The second-order valence-corrected chi connectivity index (χ2v) is 8.61. The van der Waals surface area contributed by atoms with E-state index in [-0.39, 0.29) is 18.5 Å². The van der Waals surface area contributed by atoms with Gasteiger partial charge in [0.05, 0.1) is 17.9 Å². The van der Waals surface area contributed by atoms with Gasteiger partial charge < -0.3 is 5.32 Å². The zero-order valence-corrected chi connectivity index (χ0v) is 18.7. The number of aromatic nitrogens is 2. The second-order valence-electron chi connectivity index (χ2n) is 7.55. The molecule has 0 radical (unpaired) electrons. The van der Waals surface area contributed by atoms with Crippen LogP contribution in [0.3, 0.4) is 0 Å². The smallest absolute Gasteiger partial charge is 0.324 e. The van der Waals surface area contributed by atoms with Crippen LogP contribution in [-0.4, -0.2) is 45.2 Å². The van der Waals surface area contributed by atoms with Crippen LogP contribution in [0.15, 0.2) is 96.2 Å². The molecular formula is C26H22N4O2S. The summed E-state index contributed by atoms with van der Waals surface area (Å²) in [6.45, 7) is 0.400. The summed E-state index contributed by atoms with van der Waals surface area (Å²) in [7, 11) is 0. The van der Waals surface area contributed by atoms with Gasteiger partial charge in [0.1, 0.15) is 0 Å². The Morgan fingerprint density at radius 1 is 0.818 bits per heavy atom. The number of hydrogen-bond donors (Lipinski definition) is 1. The van der Waals surface area contributed by atoms with E-state index in [1.165, 1.54) is 16.7 Å². The monoisotopic (exact) mass is 454 g/mol. The highest BCUT2D eigenvalue weighted by atomic mass is 32.2. The molecule has 1 N–H and O–H groups in total. The summed E-state index contributed by atoms with van der Waals surface area (Å²) in [6, 6.07) is 30.2. The van der Waals surface area contributed by atoms with Crippen LogP contribution in [0.25, 0.3) is 28.2 Å². The Hall–Kier alpha value is -3.84. The number of rotatable bonds is 7. The van der Waals surface area contributed by atoms with Crippen LogP contribution in [0.1, 0.15) is 0 Å². The van der Waals surface area contributed by atoms with Crippen molar-refractivity contribution in [1.29, 1.82) is 0 Å². The lowest BCUT2D eigenvalue weighted by Crippen LogP contribution is -2.32. The van der Waals surface area contributed by atoms with Crippen molar-refractivity contribution in [2.24, 2.45) is 0 Å². The fourth-order valence-corrected chi connectivity index (χ4v) is 4.82. The van der Waals surface area contributed by atoms with E-state index in [0.717, 1.165) is 33.4 Å². The molecule has 1 aliphatic heterocycles. The van der Waals surface area contributed by atoms with Crippen molar-refractivity contribution in [2.45, 2.75) is 5.16 Å². The molecule has 3 amide bonds. The van der Waals surface area contributed by atoms with Gasteiger partial charge in [0.15, 0.2) is 5.16 Å². The van der Waals surface area contributed by atoms with Crippen molar-refractivity contribution in [2.75, 3.05) is 18.8 Å². The summed E-state index contributed by atoms with van der Waals surface area (Å²) in [4.78, 5) is 30.2. The average Bonchev–Trinajstić information content (AvgIpc) is 3.41. The third kappa shape index (κ3) is 4.27.